The van der Waals surface area contributed by atoms with Crippen LogP contribution in [0, 0.1) is 0 Å². The van der Waals surface area contributed by atoms with Gasteiger partial charge in [-0.25, -0.2) is 9.78 Å². The molecule has 1 aromatic heterocycles. The minimum Gasteiger partial charge on any atom is -0.379 e. The smallest absolute Gasteiger partial charge is 0.319 e. The summed E-state index contributed by atoms with van der Waals surface area (Å²) in [6.07, 6.45) is 1.64. The third-order valence-corrected chi connectivity index (χ3v) is 3.50. The van der Waals surface area contributed by atoms with E-state index in [0.29, 0.717) is 6.54 Å². The Bertz CT molecular complexity index is 606. The summed E-state index contributed by atoms with van der Waals surface area (Å²) in [5.41, 5.74) is 2.53. The molecule has 112 valence electrons. The third-order valence-electron chi connectivity index (χ3n) is 3.50. The molecule has 21 heavy (non-hydrogen) atoms. The van der Waals surface area contributed by atoms with Gasteiger partial charge in [0.15, 0.2) is 0 Å². The zero-order valence-electron chi connectivity index (χ0n) is 11.8. The second kappa shape index (κ2) is 6.55. The summed E-state index contributed by atoms with van der Waals surface area (Å²) < 4.78 is 5.29. The lowest BCUT2D eigenvalue weighted by molar-refractivity contribution is 0.0388. The van der Waals surface area contributed by atoms with Crippen molar-refractivity contribution in [3.05, 3.63) is 24.5 Å². The molecular formula is C14H19N5O2. The number of anilines is 1. The SMILES string of the molecule is O=C(NCCN1CCOCC1)Nc1ccc2nc[nH]c2c1. The summed E-state index contributed by atoms with van der Waals surface area (Å²) in [4.78, 5) is 21.3. The van der Waals surface area contributed by atoms with Gasteiger partial charge in [0.25, 0.3) is 0 Å². The molecule has 0 unspecified atom stereocenters. The molecule has 3 N–H and O–H groups in total. The number of nitrogens with one attached hydrogen (secondary N) is 3. The number of nitrogens with zero attached hydrogens (tertiary/aromatic N) is 2. The fourth-order valence-electron chi connectivity index (χ4n) is 2.34. The van der Waals surface area contributed by atoms with Crippen LogP contribution in [0.2, 0.25) is 0 Å². The van der Waals surface area contributed by atoms with Crippen LogP contribution in [-0.4, -0.2) is 60.3 Å². The Morgan fingerprint density at radius 2 is 2.24 bits per heavy atom. The summed E-state index contributed by atoms with van der Waals surface area (Å²) in [6.45, 7) is 4.88. The monoisotopic (exact) mass is 289 g/mol. The highest BCUT2D eigenvalue weighted by molar-refractivity contribution is 5.91. The average Bonchev–Trinajstić information content (AvgIpc) is 2.96. The van der Waals surface area contributed by atoms with Gasteiger partial charge in [-0.1, -0.05) is 0 Å². The number of H-pyrrole nitrogens is 1. The number of amides is 2. The average molecular weight is 289 g/mol. The standard InChI is InChI=1S/C14H19N5O2/c20-14(15-3-4-19-5-7-21-8-6-19)18-11-1-2-12-13(9-11)17-10-16-12/h1-2,9-10H,3-8H2,(H,16,17)(H2,15,18,20). The van der Waals surface area contributed by atoms with E-state index in [1.54, 1.807) is 6.33 Å². The van der Waals surface area contributed by atoms with Gasteiger partial charge in [0.2, 0.25) is 0 Å². The Kier molecular flexibility index (Phi) is 4.32. The first-order valence-corrected chi connectivity index (χ1v) is 7.09. The highest BCUT2D eigenvalue weighted by Crippen LogP contribution is 2.15. The first-order valence-electron chi connectivity index (χ1n) is 7.09. The number of carbonyl (C=O) groups excluding carboxylic acids is 1. The predicted molar refractivity (Wildman–Crippen MR) is 80.4 cm³/mol. The summed E-state index contributed by atoms with van der Waals surface area (Å²) in [7, 11) is 0. The molecule has 2 amide bonds. The quantitative estimate of drug-likeness (QED) is 0.785. The van der Waals surface area contributed by atoms with E-state index in [4.69, 9.17) is 4.74 Å². The molecule has 0 aliphatic carbocycles. The van der Waals surface area contributed by atoms with Crippen molar-refractivity contribution < 1.29 is 9.53 Å². The molecule has 1 aliphatic rings. The van der Waals surface area contributed by atoms with Gasteiger partial charge in [-0.05, 0) is 18.2 Å². The second-order valence-electron chi connectivity index (χ2n) is 4.97. The van der Waals surface area contributed by atoms with Crippen LogP contribution in [-0.2, 0) is 4.74 Å². The van der Waals surface area contributed by atoms with Crippen molar-refractivity contribution in [1.29, 1.82) is 0 Å². The molecule has 0 atom stereocenters. The first-order chi connectivity index (χ1) is 10.3. The van der Waals surface area contributed by atoms with Gasteiger partial charge in [0, 0.05) is 31.9 Å². The number of carbonyl (C=O) groups is 1. The van der Waals surface area contributed by atoms with Crippen LogP contribution in [0.15, 0.2) is 24.5 Å². The van der Waals surface area contributed by atoms with Gasteiger partial charge in [0.1, 0.15) is 0 Å². The fraction of sp³-hybridized carbons (Fsp3) is 0.429. The van der Waals surface area contributed by atoms with Crippen molar-refractivity contribution in [2.24, 2.45) is 0 Å². The van der Waals surface area contributed by atoms with Gasteiger partial charge >= 0.3 is 6.03 Å². The van der Waals surface area contributed by atoms with Crippen LogP contribution in [0.1, 0.15) is 0 Å². The summed E-state index contributed by atoms with van der Waals surface area (Å²) in [6, 6.07) is 5.38. The molecule has 2 heterocycles. The van der Waals surface area contributed by atoms with Gasteiger partial charge < -0.3 is 20.4 Å². The number of fused-ring (bicyclic) bond motifs is 1. The van der Waals surface area contributed by atoms with Crippen molar-refractivity contribution in [3.63, 3.8) is 0 Å². The van der Waals surface area contributed by atoms with Crippen LogP contribution in [0.3, 0.4) is 0 Å². The lowest BCUT2D eigenvalue weighted by Crippen LogP contribution is -2.42. The molecule has 7 nitrogen and oxygen atoms in total. The maximum absolute atomic E-state index is 11.8. The fourth-order valence-corrected chi connectivity index (χ4v) is 2.34. The Morgan fingerprint density at radius 1 is 1.38 bits per heavy atom. The van der Waals surface area contributed by atoms with E-state index in [1.165, 1.54) is 0 Å². The summed E-state index contributed by atoms with van der Waals surface area (Å²) >= 11 is 0. The number of ether oxygens (including phenoxy) is 1. The highest BCUT2D eigenvalue weighted by Gasteiger charge is 2.10. The van der Waals surface area contributed by atoms with Crippen LogP contribution >= 0.6 is 0 Å². The van der Waals surface area contributed by atoms with Crippen molar-refractivity contribution in [2.75, 3.05) is 44.7 Å². The Morgan fingerprint density at radius 3 is 3.10 bits per heavy atom. The molecule has 1 aliphatic heterocycles. The lowest BCUT2D eigenvalue weighted by Gasteiger charge is -2.26. The van der Waals surface area contributed by atoms with Crippen LogP contribution < -0.4 is 10.6 Å². The zero-order valence-corrected chi connectivity index (χ0v) is 11.8. The number of rotatable bonds is 4. The summed E-state index contributed by atoms with van der Waals surface area (Å²) in [5, 5.41) is 5.68. The first kappa shape index (κ1) is 13.8. The van der Waals surface area contributed by atoms with Gasteiger partial charge in [-0.15, -0.1) is 0 Å². The zero-order chi connectivity index (χ0) is 14.5. The number of morpholine rings is 1. The summed E-state index contributed by atoms with van der Waals surface area (Å²) in [5.74, 6) is 0. The van der Waals surface area contributed by atoms with Gasteiger partial charge in [0.05, 0.1) is 30.6 Å². The molecule has 0 bridgehead atoms. The maximum atomic E-state index is 11.8. The van der Waals surface area contributed by atoms with Gasteiger partial charge in [-0.2, -0.15) is 0 Å². The lowest BCUT2D eigenvalue weighted by atomic mass is 10.3. The van der Waals surface area contributed by atoms with Crippen molar-refractivity contribution in [1.82, 2.24) is 20.2 Å². The molecule has 0 radical (unpaired) electrons. The number of imidazole rings is 1. The van der Waals surface area contributed by atoms with Crippen molar-refractivity contribution in [2.45, 2.75) is 0 Å². The van der Waals surface area contributed by atoms with E-state index < -0.39 is 0 Å². The molecule has 2 aromatic rings. The molecule has 1 fully saturated rings. The minimum atomic E-state index is -0.192. The largest absolute Gasteiger partial charge is 0.379 e. The van der Waals surface area contributed by atoms with E-state index in [-0.39, 0.29) is 6.03 Å². The van der Waals surface area contributed by atoms with E-state index in [9.17, 15) is 4.79 Å². The number of hydrogen-bond donors (Lipinski definition) is 3. The van der Waals surface area contributed by atoms with E-state index in [1.807, 2.05) is 18.2 Å². The van der Waals surface area contributed by atoms with E-state index in [2.05, 4.69) is 25.5 Å². The molecule has 7 heteroatoms. The normalized spacial score (nSPS) is 16.0. The topological polar surface area (TPSA) is 82.3 Å². The number of aromatic nitrogens is 2. The number of aromatic amines is 1. The van der Waals surface area contributed by atoms with Crippen LogP contribution in [0.25, 0.3) is 11.0 Å². The number of hydrogen-bond acceptors (Lipinski definition) is 4. The number of urea groups is 1. The molecule has 3 rings (SSSR count). The van der Waals surface area contributed by atoms with E-state index in [0.717, 1.165) is 49.6 Å². The Labute approximate surface area is 122 Å². The molecular weight excluding hydrogens is 270 g/mol. The van der Waals surface area contributed by atoms with Crippen LogP contribution in [0.4, 0.5) is 10.5 Å². The van der Waals surface area contributed by atoms with E-state index >= 15 is 0 Å². The highest BCUT2D eigenvalue weighted by atomic mass is 16.5. The molecule has 1 saturated heterocycles. The second-order valence-corrected chi connectivity index (χ2v) is 4.97. The third kappa shape index (κ3) is 3.71. The maximum Gasteiger partial charge on any atom is 0.319 e. The van der Waals surface area contributed by atoms with Crippen molar-refractivity contribution >= 4 is 22.8 Å². The number of benzene rings is 1. The Balaban J connectivity index is 1.44. The van der Waals surface area contributed by atoms with Gasteiger partial charge in [-0.3, -0.25) is 4.90 Å². The minimum absolute atomic E-state index is 0.192. The molecule has 0 saturated carbocycles. The molecule has 0 spiro atoms. The predicted octanol–water partition coefficient (Wildman–Crippen LogP) is 1.02. The molecule has 1 aromatic carbocycles. The van der Waals surface area contributed by atoms with Crippen molar-refractivity contribution in [3.8, 4) is 0 Å². The Hall–Kier alpha value is -2.12. The van der Waals surface area contributed by atoms with Crippen LogP contribution in [0.5, 0.6) is 0 Å².